The standard InChI is InChI=1S/C13H13ClN2S/c14-9-2-1-3-11-12(9)17-13(16-11)8-6-7-4-5-10(8)15-7/h1-3,7-8,10,15H,4-6H2. The third kappa shape index (κ3) is 1.53. The highest BCUT2D eigenvalue weighted by Gasteiger charge is 2.41. The molecule has 4 rings (SSSR count). The van der Waals surface area contributed by atoms with Crippen LogP contribution in [0.3, 0.4) is 0 Å². The zero-order valence-corrected chi connectivity index (χ0v) is 10.9. The molecular weight excluding hydrogens is 252 g/mol. The summed E-state index contributed by atoms with van der Waals surface area (Å²) in [5.74, 6) is 0.613. The number of nitrogens with one attached hydrogen (secondary N) is 1. The molecule has 0 amide bonds. The van der Waals surface area contributed by atoms with E-state index in [1.807, 2.05) is 12.1 Å². The van der Waals surface area contributed by atoms with Crippen molar-refractivity contribution in [2.24, 2.45) is 0 Å². The molecule has 0 spiro atoms. The zero-order valence-electron chi connectivity index (χ0n) is 9.32. The number of rotatable bonds is 1. The Morgan fingerprint density at radius 3 is 3.00 bits per heavy atom. The molecular formula is C13H13ClN2S. The molecule has 0 radical (unpaired) electrons. The van der Waals surface area contributed by atoms with Crippen LogP contribution in [0.4, 0.5) is 0 Å². The monoisotopic (exact) mass is 264 g/mol. The van der Waals surface area contributed by atoms with Crippen LogP contribution in [0, 0.1) is 0 Å². The second kappa shape index (κ2) is 3.67. The summed E-state index contributed by atoms with van der Waals surface area (Å²) in [4.78, 5) is 4.77. The molecule has 2 fully saturated rings. The quantitative estimate of drug-likeness (QED) is 0.852. The van der Waals surface area contributed by atoms with Crippen LogP contribution in [-0.2, 0) is 0 Å². The van der Waals surface area contributed by atoms with Gasteiger partial charge in [-0.15, -0.1) is 11.3 Å². The van der Waals surface area contributed by atoms with Crippen molar-refractivity contribution in [2.75, 3.05) is 0 Å². The average Bonchev–Trinajstić information content (AvgIpc) is 3.03. The molecule has 88 valence electrons. The van der Waals surface area contributed by atoms with Crippen LogP contribution in [0.25, 0.3) is 10.2 Å². The predicted molar refractivity (Wildman–Crippen MR) is 71.9 cm³/mol. The van der Waals surface area contributed by atoms with Gasteiger partial charge in [0.15, 0.2) is 0 Å². The Labute approximate surface area is 109 Å². The Bertz CT molecular complexity index is 580. The fourth-order valence-electron chi connectivity index (χ4n) is 3.19. The van der Waals surface area contributed by atoms with E-state index in [1.165, 1.54) is 24.3 Å². The number of halogens is 1. The second-order valence-electron chi connectivity index (χ2n) is 5.03. The Kier molecular flexibility index (Phi) is 2.23. The van der Waals surface area contributed by atoms with Crippen molar-refractivity contribution >= 4 is 33.2 Å². The average molecular weight is 265 g/mol. The first kappa shape index (κ1) is 10.3. The van der Waals surface area contributed by atoms with Gasteiger partial charge < -0.3 is 5.32 Å². The van der Waals surface area contributed by atoms with Gasteiger partial charge in [0.25, 0.3) is 0 Å². The van der Waals surface area contributed by atoms with E-state index in [0.29, 0.717) is 12.0 Å². The van der Waals surface area contributed by atoms with Crippen molar-refractivity contribution in [1.82, 2.24) is 10.3 Å². The molecule has 2 saturated heterocycles. The van der Waals surface area contributed by atoms with Crippen molar-refractivity contribution in [2.45, 2.75) is 37.3 Å². The first-order valence-electron chi connectivity index (χ1n) is 6.12. The Morgan fingerprint density at radius 1 is 1.35 bits per heavy atom. The maximum Gasteiger partial charge on any atom is 0.0986 e. The van der Waals surface area contributed by atoms with Gasteiger partial charge in [0, 0.05) is 18.0 Å². The molecule has 3 unspecified atom stereocenters. The number of thiazole rings is 1. The van der Waals surface area contributed by atoms with Crippen LogP contribution >= 0.6 is 22.9 Å². The molecule has 1 N–H and O–H groups in total. The van der Waals surface area contributed by atoms with Crippen LogP contribution in [-0.4, -0.2) is 17.1 Å². The molecule has 2 bridgehead atoms. The van der Waals surface area contributed by atoms with Gasteiger partial charge in [0.1, 0.15) is 0 Å². The van der Waals surface area contributed by atoms with E-state index < -0.39 is 0 Å². The Balaban J connectivity index is 1.79. The largest absolute Gasteiger partial charge is 0.311 e. The maximum atomic E-state index is 6.21. The first-order valence-corrected chi connectivity index (χ1v) is 7.32. The van der Waals surface area contributed by atoms with E-state index >= 15 is 0 Å². The number of benzene rings is 1. The van der Waals surface area contributed by atoms with Crippen molar-refractivity contribution in [3.8, 4) is 0 Å². The van der Waals surface area contributed by atoms with Gasteiger partial charge >= 0.3 is 0 Å². The van der Waals surface area contributed by atoms with Gasteiger partial charge in [-0.05, 0) is 31.4 Å². The summed E-state index contributed by atoms with van der Waals surface area (Å²) >= 11 is 7.99. The van der Waals surface area contributed by atoms with Gasteiger partial charge in [0.05, 0.1) is 20.2 Å². The van der Waals surface area contributed by atoms with Crippen molar-refractivity contribution in [3.05, 3.63) is 28.2 Å². The van der Waals surface area contributed by atoms with Crippen LogP contribution in [0.15, 0.2) is 18.2 Å². The molecule has 3 heterocycles. The summed E-state index contributed by atoms with van der Waals surface area (Å²) in [6.45, 7) is 0. The third-order valence-corrected chi connectivity index (χ3v) is 5.66. The SMILES string of the molecule is Clc1cccc2nc(C3CC4CCC3N4)sc12. The molecule has 2 aliphatic rings. The van der Waals surface area contributed by atoms with Crippen molar-refractivity contribution in [3.63, 3.8) is 0 Å². The highest BCUT2D eigenvalue weighted by atomic mass is 35.5. The molecule has 0 saturated carbocycles. The normalized spacial score (nSPS) is 31.5. The summed E-state index contributed by atoms with van der Waals surface area (Å²) in [6, 6.07) is 7.37. The minimum absolute atomic E-state index is 0.613. The van der Waals surface area contributed by atoms with Gasteiger partial charge in [-0.1, -0.05) is 17.7 Å². The zero-order chi connectivity index (χ0) is 11.4. The van der Waals surface area contributed by atoms with Gasteiger partial charge in [-0.2, -0.15) is 0 Å². The predicted octanol–water partition coefficient (Wildman–Crippen LogP) is 3.56. The summed E-state index contributed by atoms with van der Waals surface area (Å²) in [6.07, 6.45) is 3.90. The van der Waals surface area contributed by atoms with Crippen molar-refractivity contribution in [1.29, 1.82) is 0 Å². The van der Waals surface area contributed by atoms with E-state index in [1.54, 1.807) is 11.3 Å². The molecule has 4 heteroatoms. The number of nitrogens with zero attached hydrogens (tertiary/aromatic N) is 1. The molecule has 2 nitrogen and oxygen atoms in total. The van der Waals surface area contributed by atoms with Crippen LogP contribution in [0.1, 0.15) is 30.2 Å². The first-order chi connectivity index (χ1) is 8.31. The lowest BCUT2D eigenvalue weighted by molar-refractivity contribution is 0.505. The van der Waals surface area contributed by atoms with Crippen molar-refractivity contribution < 1.29 is 0 Å². The molecule has 1 aromatic carbocycles. The maximum absolute atomic E-state index is 6.21. The van der Waals surface area contributed by atoms with E-state index in [2.05, 4.69) is 11.4 Å². The molecule has 3 atom stereocenters. The molecule has 2 aromatic rings. The van der Waals surface area contributed by atoms with E-state index in [-0.39, 0.29) is 0 Å². The lowest BCUT2D eigenvalue weighted by Gasteiger charge is -2.16. The minimum Gasteiger partial charge on any atom is -0.311 e. The summed E-state index contributed by atoms with van der Waals surface area (Å²) < 4.78 is 1.15. The molecule has 17 heavy (non-hydrogen) atoms. The van der Waals surface area contributed by atoms with E-state index in [4.69, 9.17) is 16.6 Å². The molecule has 2 aliphatic heterocycles. The van der Waals surface area contributed by atoms with Crippen LogP contribution < -0.4 is 5.32 Å². The number of hydrogen-bond donors (Lipinski definition) is 1. The molecule has 1 aromatic heterocycles. The summed E-state index contributed by atoms with van der Waals surface area (Å²) in [5, 5.41) is 5.78. The highest BCUT2D eigenvalue weighted by Crippen LogP contribution is 2.43. The Morgan fingerprint density at radius 2 is 2.29 bits per heavy atom. The number of hydrogen-bond acceptors (Lipinski definition) is 3. The third-order valence-electron chi connectivity index (χ3n) is 4.00. The lowest BCUT2D eigenvalue weighted by atomic mass is 9.90. The van der Waals surface area contributed by atoms with Gasteiger partial charge in [-0.3, -0.25) is 0 Å². The van der Waals surface area contributed by atoms with E-state index in [9.17, 15) is 0 Å². The number of fused-ring (bicyclic) bond motifs is 3. The topological polar surface area (TPSA) is 24.9 Å². The van der Waals surface area contributed by atoms with Crippen LogP contribution in [0.2, 0.25) is 5.02 Å². The second-order valence-corrected chi connectivity index (χ2v) is 6.47. The summed E-state index contributed by atoms with van der Waals surface area (Å²) in [7, 11) is 0. The van der Waals surface area contributed by atoms with E-state index in [0.717, 1.165) is 21.3 Å². The van der Waals surface area contributed by atoms with Crippen LogP contribution in [0.5, 0.6) is 0 Å². The molecule has 0 aliphatic carbocycles. The van der Waals surface area contributed by atoms with Gasteiger partial charge in [0.2, 0.25) is 0 Å². The summed E-state index contributed by atoms with van der Waals surface area (Å²) in [5.41, 5.74) is 1.06. The smallest absolute Gasteiger partial charge is 0.0986 e. The highest BCUT2D eigenvalue weighted by molar-refractivity contribution is 7.19. The fraction of sp³-hybridized carbons (Fsp3) is 0.462. The van der Waals surface area contributed by atoms with Gasteiger partial charge in [-0.25, -0.2) is 4.98 Å². The Hall–Kier alpha value is -0.640. The minimum atomic E-state index is 0.613. The number of aromatic nitrogens is 1. The lowest BCUT2D eigenvalue weighted by Crippen LogP contribution is -2.21. The fourth-order valence-corrected chi connectivity index (χ4v) is 4.62.